The van der Waals surface area contributed by atoms with E-state index in [1.165, 1.54) is 25.0 Å². The maximum atomic E-state index is 5.97. The highest BCUT2D eigenvalue weighted by Gasteiger charge is 2.30. The third kappa shape index (κ3) is 3.89. The first-order chi connectivity index (χ1) is 7.62. The lowest BCUT2D eigenvalue weighted by molar-refractivity contribution is 0.270. The Labute approximate surface area is 100 Å². The third-order valence-corrected chi connectivity index (χ3v) is 3.64. The van der Waals surface area contributed by atoms with Gasteiger partial charge in [-0.1, -0.05) is 19.1 Å². The topological polar surface area (TPSA) is 41.3 Å². The van der Waals surface area contributed by atoms with Crippen molar-refractivity contribution in [3.8, 4) is 0 Å². The van der Waals surface area contributed by atoms with Crippen molar-refractivity contribution in [2.24, 2.45) is 5.73 Å². The van der Waals surface area contributed by atoms with E-state index in [-0.39, 0.29) is 5.54 Å². The lowest BCUT2D eigenvalue weighted by Crippen LogP contribution is -2.52. The largest absolute Gasteiger partial charge is 0.329 e. The van der Waals surface area contributed by atoms with Crippen LogP contribution in [0.2, 0.25) is 0 Å². The van der Waals surface area contributed by atoms with Gasteiger partial charge in [0, 0.05) is 18.6 Å². The summed E-state index contributed by atoms with van der Waals surface area (Å²) in [6.45, 7) is 13.4. The van der Waals surface area contributed by atoms with Gasteiger partial charge in [-0.15, -0.1) is 0 Å². The average molecular weight is 225 g/mol. The van der Waals surface area contributed by atoms with Crippen LogP contribution < -0.4 is 11.1 Å². The molecule has 0 aromatic heterocycles. The quantitative estimate of drug-likeness (QED) is 0.694. The Morgan fingerprint density at radius 2 is 2.19 bits per heavy atom. The van der Waals surface area contributed by atoms with Crippen LogP contribution in [-0.4, -0.2) is 43.2 Å². The van der Waals surface area contributed by atoms with Crippen LogP contribution in [0.4, 0.5) is 0 Å². The Balaban J connectivity index is 2.54. The number of likely N-dealkylation sites (tertiary alicyclic amines) is 1. The molecule has 1 rings (SSSR count). The average Bonchev–Trinajstić information content (AvgIpc) is 2.49. The maximum absolute atomic E-state index is 5.97. The Morgan fingerprint density at radius 1 is 1.44 bits per heavy atom. The monoisotopic (exact) mass is 225 g/mol. The van der Waals surface area contributed by atoms with Crippen molar-refractivity contribution in [2.45, 2.75) is 38.6 Å². The molecule has 1 saturated heterocycles. The van der Waals surface area contributed by atoms with Gasteiger partial charge >= 0.3 is 0 Å². The van der Waals surface area contributed by atoms with Gasteiger partial charge < -0.3 is 16.0 Å². The lowest BCUT2D eigenvalue weighted by atomic mass is 9.90. The summed E-state index contributed by atoms with van der Waals surface area (Å²) in [6.07, 6.45) is 3.59. The molecule has 16 heavy (non-hydrogen) atoms. The minimum absolute atomic E-state index is 0.142. The van der Waals surface area contributed by atoms with Crippen LogP contribution in [-0.2, 0) is 0 Å². The fourth-order valence-corrected chi connectivity index (χ4v) is 2.36. The fourth-order valence-electron chi connectivity index (χ4n) is 2.36. The van der Waals surface area contributed by atoms with E-state index in [9.17, 15) is 0 Å². The molecule has 0 radical (unpaired) electrons. The van der Waals surface area contributed by atoms with E-state index >= 15 is 0 Å². The summed E-state index contributed by atoms with van der Waals surface area (Å²) >= 11 is 0. The predicted molar refractivity (Wildman–Crippen MR) is 70.6 cm³/mol. The first-order valence-electron chi connectivity index (χ1n) is 6.44. The Kier molecular flexibility index (Phi) is 5.46. The van der Waals surface area contributed by atoms with E-state index < -0.39 is 0 Å². The van der Waals surface area contributed by atoms with Crippen LogP contribution in [0.1, 0.15) is 33.1 Å². The molecule has 0 saturated carbocycles. The second-order valence-corrected chi connectivity index (χ2v) is 5.08. The summed E-state index contributed by atoms with van der Waals surface area (Å²) in [5.41, 5.74) is 7.30. The molecule has 1 atom stereocenters. The molecule has 0 bridgehead atoms. The zero-order valence-corrected chi connectivity index (χ0v) is 10.9. The normalized spacial score (nSPS) is 27.7. The van der Waals surface area contributed by atoms with Gasteiger partial charge in [0.05, 0.1) is 0 Å². The minimum Gasteiger partial charge on any atom is -0.329 e. The first kappa shape index (κ1) is 13.7. The van der Waals surface area contributed by atoms with Crippen LogP contribution in [0.5, 0.6) is 0 Å². The summed E-state index contributed by atoms with van der Waals surface area (Å²) in [7, 11) is 0. The van der Waals surface area contributed by atoms with E-state index in [1.807, 2.05) is 0 Å². The van der Waals surface area contributed by atoms with Gasteiger partial charge in [0.2, 0.25) is 0 Å². The van der Waals surface area contributed by atoms with Crippen LogP contribution in [0.3, 0.4) is 0 Å². The second-order valence-electron chi connectivity index (χ2n) is 5.08. The Hall–Kier alpha value is -0.380. The molecule has 1 heterocycles. The van der Waals surface area contributed by atoms with Crippen molar-refractivity contribution >= 4 is 0 Å². The molecular weight excluding hydrogens is 198 g/mol. The predicted octanol–water partition coefficient (Wildman–Crippen LogP) is 1.36. The standard InChI is InChI=1S/C13H27N3/c1-4-16-8-5-6-13(11-14,7-9-16)15-10-12(2)3/h15H,2,4-11,14H2,1,3H3. The van der Waals surface area contributed by atoms with Crippen molar-refractivity contribution in [2.75, 3.05) is 32.7 Å². The first-order valence-corrected chi connectivity index (χ1v) is 6.44. The van der Waals surface area contributed by atoms with Crippen molar-refractivity contribution in [1.29, 1.82) is 0 Å². The molecule has 0 aliphatic carbocycles. The summed E-state index contributed by atoms with van der Waals surface area (Å²) < 4.78 is 0. The number of nitrogens with two attached hydrogens (primary N) is 1. The highest BCUT2D eigenvalue weighted by Crippen LogP contribution is 2.21. The van der Waals surface area contributed by atoms with Crippen molar-refractivity contribution in [3.63, 3.8) is 0 Å². The number of nitrogens with one attached hydrogen (secondary N) is 1. The molecule has 1 aliphatic heterocycles. The Bertz CT molecular complexity index is 227. The third-order valence-electron chi connectivity index (χ3n) is 3.64. The number of nitrogens with zero attached hydrogens (tertiary/aromatic N) is 1. The highest BCUT2D eigenvalue weighted by atomic mass is 15.1. The molecule has 1 aliphatic rings. The molecule has 0 amide bonds. The lowest BCUT2D eigenvalue weighted by Gasteiger charge is -2.33. The number of hydrogen-bond acceptors (Lipinski definition) is 3. The van der Waals surface area contributed by atoms with Gasteiger partial charge in [0.25, 0.3) is 0 Å². The Morgan fingerprint density at radius 3 is 2.75 bits per heavy atom. The molecule has 3 N–H and O–H groups in total. The fraction of sp³-hybridized carbons (Fsp3) is 0.846. The van der Waals surface area contributed by atoms with Crippen LogP contribution in [0.25, 0.3) is 0 Å². The minimum atomic E-state index is 0.142. The molecular formula is C13H27N3. The summed E-state index contributed by atoms with van der Waals surface area (Å²) in [4.78, 5) is 2.51. The maximum Gasteiger partial charge on any atom is 0.0319 e. The summed E-state index contributed by atoms with van der Waals surface area (Å²) in [5.74, 6) is 0. The van der Waals surface area contributed by atoms with Crippen molar-refractivity contribution in [1.82, 2.24) is 10.2 Å². The molecule has 0 aromatic carbocycles. The molecule has 1 fully saturated rings. The van der Waals surface area contributed by atoms with Gasteiger partial charge in [-0.25, -0.2) is 0 Å². The SMILES string of the molecule is C=C(C)CNC1(CN)CCCN(CC)CC1. The molecule has 3 nitrogen and oxygen atoms in total. The zero-order valence-electron chi connectivity index (χ0n) is 10.9. The van der Waals surface area contributed by atoms with E-state index in [2.05, 4.69) is 30.6 Å². The summed E-state index contributed by atoms with van der Waals surface area (Å²) in [5, 5.41) is 3.62. The van der Waals surface area contributed by atoms with Crippen LogP contribution >= 0.6 is 0 Å². The van der Waals surface area contributed by atoms with Crippen molar-refractivity contribution < 1.29 is 0 Å². The smallest absolute Gasteiger partial charge is 0.0319 e. The number of rotatable bonds is 5. The molecule has 3 heteroatoms. The van der Waals surface area contributed by atoms with Crippen LogP contribution in [0.15, 0.2) is 12.2 Å². The van der Waals surface area contributed by atoms with E-state index in [1.54, 1.807) is 0 Å². The van der Waals surface area contributed by atoms with Gasteiger partial charge in [-0.3, -0.25) is 0 Å². The van der Waals surface area contributed by atoms with Crippen molar-refractivity contribution in [3.05, 3.63) is 12.2 Å². The second kappa shape index (κ2) is 6.38. The van der Waals surface area contributed by atoms with Crippen LogP contribution in [0, 0.1) is 0 Å². The van der Waals surface area contributed by atoms with Gasteiger partial charge in [-0.05, 0) is 45.8 Å². The molecule has 94 valence electrons. The van der Waals surface area contributed by atoms with E-state index in [0.29, 0.717) is 0 Å². The molecule has 0 aromatic rings. The van der Waals surface area contributed by atoms with E-state index in [4.69, 9.17) is 5.73 Å². The van der Waals surface area contributed by atoms with Gasteiger partial charge in [0.15, 0.2) is 0 Å². The van der Waals surface area contributed by atoms with Gasteiger partial charge in [0.1, 0.15) is 0 Å². The van der Waals surface area contributed by atoms with Gasteiger partial charge in [-0.2, -0.15) is 0 Å². The zero-order chi connectivity index (χ0) is 12.0. The summed E-state index contributed by atoms with van der Waals surface area (Å²) in [6, 6.07) is 0. The van der Waals surface area contributed by atoms with E-state index in [0.717, 1.165) is 32.6 Å². The molecule has 1 unspecified atom stereocenters. The number of hydrogen-bond donors (Lipinski definition) is 2. The molecule has 0 spiro atoms. The highest BCUT2D eigenvalue weighted by molar-refractivity contribution is 4.98.